The van der Waals surface area contributed by atoms with Crippen LogP contribution in [0.15, 0.2) is 42.7 Å². The Morgan fingerprint density at radius 2 is 1.67 bits per heavy atom. The summed E-state index contributed by atoms with van der Waals surface area (Å²) in [4.78, 5) is 3.61. The van der Waals surface area contributed by atoms with E-state index in [4.69, 9.17) is 6.42 Å². The van der Waals surface area contributed by atoms with Crippen LogP contribution in [0.3, 0.4) is 0 Å². The smallest absolute Gasteiger partial charge is 0.263 e. The van der Waals surface area contributed by atoms with Gasteiger partial charge in [0, 0.05) is 23.5 Å². The van der Waals surface area contributed by atoms with E-state index in [1.54, 1.807) is 24.3 Å². The molecule has 0 saturated carbocycles. The number of benzene rings is 1. The summed E-state index contributed by atoms with van der Waals surface area (Å²) in [5, 5.41) is 0. The Balaban J connectivity index is 2.42. The monoisotopic (exact) mass is 247 g/mol. The summed E-state index contributed by atoms with van der Waals surface area (Å²) in [5.41, 5.74) is 0.973. The molecule has 0 amide bonds. The first-order chi connectivity index (χ1) is 8.50. The zero-order valence-electron chi connectivity index (χ0n) is 9.20. The van der Waals surface area contributed by atoms with Gasteiger partial charge in [-0.05, 0) is 23.8 Å². The van der Waals surface area contributed by atoms with Crippen molar-refractivity contribution in [3.05, 3.63) is 53.9 Å². The number of hydrogen-bond donors (Lipinski definition) is 0. The van der Waals surface area contributed by atoms with Crippen molar-refractivity contribution < 1.29 is 13.2 Å². The Kier molecular flexibility index (Phi) is 3.07. The van der Waals surface area contributed by atoms with Gasteiger partial charge in [-0.3, -0.25) is 4.98 Å². The van der Waals surface area contributed by atoms with Gasteiger partial charge in [0.05, 0.1) is 5.56 Å². The molecule has 1 aromatic carbocycles. The van der Waals surface area contributed by atoms with Crippen LogP contribution in [0.25, 0.3) is 11.1 Å². The second kappa shape index (κ2) is 4.53. The van der Waals surface area contributed by atoms with E-state index in [0.717, 1.165) is 12.3 Å². The van der Waals surface area contributed by atoms with Crippen molar-refractivity contribution in [2.45, 2.75) is 6.18 Å². The Morgan fingerprint density at radius 1 is 1.00 bits per heavy atom. The average molecular weight is 247 g/mol. The van der Waals surface area contributed by atoms with Crippen molar-refractivity contribution >= 4 is 0 Å². The van der Waals surface area contributed by atoms with Crippen LogP contribution in [-0.4, -0.2) is 4.98 Å². The molecule has 0 radical (unpaired) electrons. The first-order valence-corrected chi connectivity index (χ1v) is 5.10. The lowest BCUT2D eigenvalue weighted by molar-refractivity contribution is -0.137. The molecule has 0 atom stereocenters. The van der Waals surface area contributed by atoms with Gasteiger partial charge in [0.2, 0.25) is 0 Å². The molecule has 0 fully saturated rings. The second-order valence-corrected chi connectivity index (χ2v) is 3.68. The van der Waals surface area contributed by atoms with E-state index >= 15 is 0 Å². The molecule has 0 bridgehead atoms. The fraction of sp³-hybridized carbons (Fsp3) is 0.0714. The van der Waals surface area contributed by atoms with Gasteiger partial charge in [-0.15, -0.1) is 6.42 Å². The van der Waals surface area contributed by atoms with E-state index in [1.165, 1.54) is 6.20 Å². The maximum atomic E-state index is 12.5. The highest BCUT2D eigenvalue weighted by molar-refractivity contribution is 5.64. The van der Waals surface area contributed by atoms with Crippen molar-refractivity contribution in [2.75, 3.05) is 0 Å². The molecule has 1 nitrogen and oxygen atoms in total. The summed E-state index contributed by atoms with van der Waals surface area (Å²) in [6, 6.07) is 7.77. The lowest BCUT2D eigenvalue weighted by Crippen LogP contribution is -2.05. The fourth-order valence-electron chi connectivity index (χ4n) is 1.51. The average Bonchev–Trinajstić information content (AvgIpc) is 2.38. The largest absolute Gasteiger partial charge is 0.417 e. The number of hydrogen-bond acceptors (Lipinski definition) is 1. The highest BCUT2D eigenvalue weighted by atomic mass is 19.4. The summed E-state index contributed by atoms with van der Waals surface area (Å²) in [5.74, 6) is 2.45. The zero-order valence-corrected chi connectivity index (χ0v) is 9.20. The van der Waals surface area contributed by atoms with Gasteiger partial charge in [0.15, 0.2) is 0 Å². The molecule has 0 aliphatic heterocycles. The fourth-order valence-corrected chi connectivity index (χ4v) is 1.51. The molecule has 2 rings (SSSR count). The molecule has 0 N–H and O–H groups in total. The third-order valence-electron chi connectivity index (χ3n) is 2.45. The van der Waals surface area contributed by atoms with E-state index < -0.39 is 11.7 Å². The Hall–Kier alpha value is -2.28. The molecule has 2 aromatic rings. The van der Waals surface area contributed by atoms with Gasteiger partial charge in [-0.1, -0.05) is 18.1 Å². The van der Waals surface area contributed by atoms with Crippen LogP contribution in [0.2, 0.25) is 0 Å². The van der Waals surface area contributed by atoms with Crippen LogP contribution in [0, 0.1) is 12.3 Å². The molecule has 1 heterocycles. The van der Waals surface area contributed by atoms with Gasteiger partial charge >= 0.3 is 6.18 Å². The standard InChI is InChI=1S/C14H8F3N/c1-2-10-3-5-11(6-4-10)12-7-13(9-18-8-12)14(15,16)17/h1,3-9H. The van der Waals surface area contributed by atoms with Gasteiger partial charge in [0.25, 0.3) is 0 Å². The molecular formula is C14H8F3N. The summed E-state index contributed by atoms with van der Waals surface area (Å²) in [7, 11) is 0. The van der Waals surface area contributed by atoms with Crippen molar-refractivity contribution in [3.63, 3.8) is 0 Å². The van der Waals surface area contributed by atoms with Gasteiger partial charge < -0.3 is 0 Å². The summed E-state index contributed by atoms with van der Waals surface area (Å²) in [6.07, 6.45) is 3.02. The van der Waals surface area contributed by atoms with Crippen LogP contribution >= 0.6 is 0 Å². The molecule has 1 aromatic heterocycles. The third-order valence-corrected chi connectivity index (χ3v) is 2.45. The second-order valence-electron chi connectivity index (χ2n) is 3.68. The van der Waals surface area contributed by atoms with Gasteiger partial charge in [-0.25, -0.2) is 0 Å². The Labute approximate surface area is 102 Å². The maximum absolute atomic E-state index is 12.5. The summed E-state index contributed by atoms with van der Waals surface area (Å²) in [6.45, 7) is 0. The number of nitrogens with zero attached hydrogens (tertiary/aromatic N) is 1. The molecule has 0 saturated heterocycles. The van der Waals surface area contributed by atoms with E-state index in [2.05, 4.69) is 10.9 Å². The van der Waals surface area contributed by atoms with E-state index in [0.29, 0.717) is 16.7 Å². The maximum Gasteiger partial charge on any atom is 0.417 e. The first kappa shape index (κ1) is 12.2. The highest BCUT2D eigenvalue weighted by Gasteiger charge is 2.31. The predicted octanol–water partition coefficient (Wildman–Crippen LogP) is 3.75. The number of alkyl halides is 3. The van der Waals surface area contributed by atoms with E-state index in [-0.39, 0.29) is 0 Å². The summed E-state index contributed by atoms with van der Waals surface area (Å²) < 4.78 is 37.6. The van der Waals surface area contributed by atoms with Gasteiger partial charge in [0.1, 0.15) is 0 Å². The third kappa shape index (κ3) is 2.51. The van der Waals surface area contributed by atoms with E-state index in [9.17, 15) is 13.2 Å². The van der Waals surface area contributed by atoms with Crippen LogP contribution in [-0.2, 0) is 6.18 Å². The normalized spacial score (nSPS) is 11.0. The first-order valence-electron chi connectivity index (χ1n) is 5.10. The minimum absolute atomic E-state index is 0.411. The van der Waals surface area contributed by atoms with Crippen LogP contribution in [0.4, 0.5) is 13.2 Å². The van der Waals surface area contributed by atoms with Crippen molar-refractivity contribution in [3.8, 4) is 23.5 Å². The van der Waals surface area contributed by atoms with Crippen LogP contribution in [0.5, 0.6) is 0 Å². The highest BCUT2D eigenvalue weighted by Crippen LogP contribution is 2.31. The number of aromatic nitrogens is 1. The van der Waals surface area contributed by atoms with Crippen LogP contribution in [0.1, 0.15) is 11.1 Å². The topological polar surface area (TPSA) is 12.9 Å². The lowest BCUT2D eigenvalue weighted by Gasteiger charge is -2.08. The molecule has 0 aliphatic carbocycles. The molecule has 4 heteroatoms. The Morgan fingerprint density at radius 3 is 2.22 bits per heavy atom. The predicted molar refractivity (Wildman–Crippen MR) is 62.6 cm³/mol. The number of terminal acetylenes is 1. The number of pyridine rings is 1. The van der Waals surface area contributed by atoms with Crippen molar-refractivity contribution in [1.82, 2.24) is 4.98 Å². The zero-order chi connectivity index (χ0) is 13.2. The minimum Gasteiger partial charge on any atom is -0.263 e. The van der Waals surface area contributed by atoms with E-state index in [1.807, 2.05) is 0 Å². The summed E-state index contributed by atoms with van der Waals surface area (Å²) >= 11 is 0. The van der Waals surface area contributed by atoms with Crippen molar-refractivity contribution in [2.24, 2.45) is 0 Å². The number of rotatable bonds is 1. The van der Waals surface area contributed by atoms with Gasteiger partial charge in [-0.2, -0.15) is 13.2 Å². The van der Waals surface area contributed by atoms with Crippen molar-refractivity contribution in [1.29, 1.82) is 0 Å². The molecule has 0 aliphatic rings. The molecule has 0 unspecified atom stereocenters. The number of halogens is 3. The van der Waals surface area contributed by atoms with Crippen LogP contribution < -0.4 is 0 Å². The molecule has 90 valence electrons. The quantitative estimate of drug-likeness (QED) is 0.699. The lowest BCUT2D eigenvalue weighted by atomic mass is 10.0. The minimum atomic E-state index is -4.39. The Bertz CT molecular complexity index is 592. The molecule has 0 spiro atoms. The molecule has 18 heavy (non-hydrogen) atoms. The molecular weight excluding hydrogens is 239 g/mol. The SMILES string of the molecule is C#Cc1ccc(-c2cncc(C(F)(F)F)c2)cc1.